The minimum Gasteiger partial charge on any atom is -0.396 e. The van der Waals surface area contributed by atoms with Crippen LogP contribution in [0.5, 0.6) is 0 Å². The van der Waals surface area contributed by atoms with Gasteiger partial charge in [-0.05, 0) is 26.2 Å². The third-order valence-electron chi connectivity index (χ3n) is 3.83. The summed E-state index contributed by atoms with van der Waals surface area (Å²) in [5.41, 5.74) is 0. The summed E-state index contributed by atoms with van der Waals surface area (Å²) in [7, 11) is 0. The van der Waals surface area contributed by atoms with E-state index in [9.17, 15) is 9.59 Å². The van der Waals surface area contributed by atoms with Crippen molar-refractivity contribution >= 4 is 11.8 Å². The number of aliphatic hydroxyl groups excluding tert-OH is 1. The van der Waals surface area contributed by atoms with Gasteiger partial charge in [0.1, 0.15) is 0 Å². The van der Waals surface area contributed by atoms with Gasteiger partial charge in [-0.25, -0.2) is 0 Å². The van der Waals surface area contributed by atoms with E-state index in [0.717, 1.165) is 6.42 Å². The largest absolute Gasteiger partial charge is 0.396 e. The molecule has 2 N–H and O–H groups in total. The van der Waals surface area contributed by atoms with Crippen molar-refractivity contribution in [3.8, 4) is 0 Å². The molecule has 2 unspecified atom stereocenters. The molecule has 1 heterocycles. The van der Waals surface area contributed by atoms with E-state index < -0.39 is 0 Å². The van der Waals surface area contributed by atoms with E-state index in [1.54, 1.807) is 4.90 Å². The van der Waals surface area contributed by atoms with Gasteiger partial charge in [-0.1, -0.05) is 13.3 Å². The van der Waals surface area contributed by atoms with Gasteiger partial charge in [-0.2, -0.15) is 0 Å². The number of nitrogens with zero attached hydrogens (tertiary/aromatic N) is 1. The third-order valence-corrected chi connectivity index (χ3v) is 3.83. The molecule has 110 valence electrons. The van der Waals surface area contributed by atoms with Crippen molar-refractivity contribution < 1.29 is 14.7 Å². The Labute approximate surface area is 115 Å². The van der Waals surface area contributed by atoms with Crippen LogP contribution in [0.4, 0.5) is 0 Å². The molecular weight excluding hydrogens is 244 g/mol. The van der Waals surface area contributed by atoms with Gasteiger partial charge in [-0.15, -0.1) is 0 Å². The van der Waals surface area contributed by atoms with Gasteiger partial charge in [0, 0.05) is 32.2 Å². The maximum absolute atomic E-state index is 12.0. The number of likely N-dealkylation sites (tertiary alicyclic amines) is 1. The van der Waals surface area contributed by atoms with E-state index in [4.69, 9.17) is 5.11 Å². The summed E-state index contributed by atoms with van der Waals surface area (Å²) in [5.74, 6) is 0.124. The predicted molar refractivity (Wildman–Crippen MR) is 73.4 cm³/mol. The van der Waals surface area contributed by atoms with E-state index in [0.29, 0.717) is 31.8 Å². The van der Waals surface area contributed by atoms with Gasteiger partial charge in [0.2, 0.25) is 11.8 Å². The average Bonchev–Trinajstić information content (AvgIpc) is 2.76. The quantitative estimate of drug-likeness (QED) is 0.718. The first-order chi connectivity index (χ1) is 8.99. The number of amides is 2. The van der Waals surface area contributed by atoms with Gasteiger partial charge in [0.05, 0.1) is 5.92 Å². The highest BCUT2D eigenvalue weighted by Gasteiger charge is 2.35. The summed E-state index contributed by atoms with van der Waals surface area (Å²) in [5, 5.41) is 11.8. The van der Waals surface area contributed by atoms with Gasteiger partial charge in [-0.3, -0.25) is 9.59 Å². The molecule has 0 aromatic rings. The summed E-state index contributed by atoms with van der Waals surface area (Å²) in [6, 6.07) is 0.156. The van der Waals surface area contributed by atoms with Crippen LogP contribution < -0.4 is 5.32 Å². The lowest BCUT2D eigenvalue weighted by atomic mass is 10.0. The Morgan fingerprint density at radius 1 is 1.53 bits per heavy atom. The molecular formula is C14H26N2O3. The average molecular weight is 270 g/mol. The zero-order chi connectivity index (χ0) is 14.4. The number of aliphatic hydroxyl groups is 1. The van der Waals surface area contributed by atoms with Gasteiger partial charge >= 0.3 is 0 Å². The molecule has 0 spiro atoms. The first kappa shape index (κ1) is 16.0. The van der Waals surface area contributed by atoms with E-state index in [1.165, 1.54) is 0 Å². The van der Waals surface area contributed by atoms with Crippen LogP contribution in [0.3, 0.4) is 0 Å². The van der Waals surface area contributed by atoms with Crippen LogP contribution in [0.25, 0.3) is 0 Å². The summed E-state index contributed by atoms with van der Waals surface area (Å²) in [4.78, 5) is 25.5. The Morgan fingerprint density at radius 3 is 2.68 bits per heavy atom. The molecule has 2 amide bonds. The molecule has 1 rings (SSSR count). The van der Waals surface area contributed by atoms with Crippen LogP contribution in [-0.2, 0) is 9.59 Å². The van der Waals surface area contributed by atoms with Crippen molar-refractivity contribution in [2.75, 3.05) is 19.7 Å². The van der Waals surface area contributed by atoms with Crippen molar-refractivity contribution in [2.24, 2.45) is 11.8 Å². The molecule has 1 fully saturated rings. The number of carbonyl (C=O) groups is 2. The minimum absolute atomic E-state index is 0.0344. The Balaban J connectivity index is 2.41. The molecule has 0 aromatic carbocycles. The van der Waals surface area contributed by atoms with Gasteiger partial charge < -0.3 is 15.3 Å². The lowest BCUT2D eigenvalue weighted by Gasteiger charge is -2.21. The van der Waals surface area contributed by atoms with E-state index in [2.05, 4.69) is 5.32 Å². The summed E-state index contributed by atoms with van der Waals surface area (Å²) < 4.78 is 0. The van der Waals surface area contributed by atoms with Crippen LogP contribution in [0.2, 0.25) is 0 Å². The standard InChI is InChI=1S/C14H26N2O3/c1-4-11(5-6-17)8-15-14(19)12-7-13(18)16(9-12)10(2)3/h10-12,17H,4-9H2,1-3H3,(H,15,19). The van der Waals surface area contributed by atoms with Crippen LogP contribution in [0.15, 0.2) is 0 Å². The van der Waals surface area contributed by atoms with Crippen molar-refractivity contribution in [2.45, 2.75) is 46.1 Å². The molecule has 5 nitrogen and oxygen atoms in total. The Kier molecular flexibility index (Phi) is 6.28. The maximum Gasteiger partial charge on any atom is 0.225 e. The maximum atomic E-state index is 12.0. The highest BCUT2D eigenvalue weighted by Crippen LogP contribution is 2.20. The highest BCUT2D eigenvalue weighted by molar-refractivity contribution is 5.89. The van der Waals surface area contributed by atoms with E-state index >= 15 is 0 Å². The molecule has 5 heteroatoms. The Bertz CT molecular complexity index is 318. The first-order valence-electron chi connectivity index (χ1n) is 7.17. The highest BCUT2D eigenvalue weighted by atomic mass is 16.3. The lowest BCUT2D eigenvalue weighted by Crippen LogP contribution is -2.37. The molecule has 0 aromatic heterocycles. The van der Waals surface area contributed by atoms with Crippen molar-refractivity contribution in [1.29, 1.82) is 0 Å². The molecule has 0 radical (unpaired) electrons. The number of rotatable bonds is 7. The molecule has 1 aliphatic rings. The van der Waals surface area contributed by atoms with Crippen LogP contribution in [0, 0.1) is 11.8 Å². The van der Waals surface area contributed by atoms with Crippen LogP contribution in [-0.4, -0.2) is 47.6 Å². The summed E-state index contributed by atoms with van der Waals surface area (Å²) in [6.45, 7) is 7.24. The Morgan fingerprint density at radius 2 is 2.21 bits per heavy atom. The number of carbonyl (C=O) groups excluding carboxylic acids is 2. The molecule has 19 heavy (non-hydrogen) atoms. The molecule has 2 atom stereocenters. The summed E-state index contributed by atoms with van der Waals surface area (Å²) in [6.07, 6.45) is 1.96. The fourth-order valence-corrected chi connectivity index (χ4v) is 2.43. The number of hydrogen-bond acceptors (Lipinski definition) is 3. The zero-order valence-corrected chi connectivity index (χ0v) is 12.2. The normalized spacial score (nSPS) is 21.0. The predicted octanol–water partition coefficient (Wildman–Crippen LogP) is 0.768. The number of hydrogen-bond donors (Lipinski definition) is 2. The van der Waals surface area contributed by atoms with Gasteiger partial charge in [0.25, 0.3) is 0 Å². The smallest absolute Gasteiger partial charge is 0.225 e. The fraction of sp³-hybridized carbons (Fsp3) is 0.857. The number of nitrogens with one attached hydrogen (secondary N) is 1. The van der Waals surface area contributed by atoms with Crippen LogP contribution in [0.1, 0.15) is 40.0 Å². The summed E-state index contributed by atoms with van der Waals surface area (Å²) >= 11 is 0. The van der Waals surface area contributed by atoms with Crippen molar-refractivity contribution in [1.82, 2.24) is 10.2 Å². The second-order valence-corrected chi connectivity index (χ2v) is 5.57. The second kappa shape index (κ2) is 7.48. The molecule has 1 saturated heterocycles. The topological polar surface area (TPSA) is 69.6 Å². The second-order valence-electron chi connectivity index (χ2n) is 5.57. The molecule has 0 saturated carbocycles. The fourth-order valence-electron chi connectivity index (χ4n) is 2.43. The first-order valence-corrected chi connectivity index (χ1v) is 7.17. The molecule has 0 aliphatic carbocycles. The monoisotopic (exact) mass is 270 g/mol. The van der Waals surface area contributed by atoms with E-state index in [-0.39, 0.29) is 30.4 Å². The molecule has 1 aliphatic heterocycles. The lowest BCUT2D eigenvalue weighted by molar-refractivity contribution is -0.130. The van der Waals surface area contributed by atoms with Crippen molar-refractivity contribution in [3.63, 3.8) is 0 Å². The SMILES string of the molecule is CCC(CCO)CNC(=O)C1CC(=O)N(C(C)C)C1. The third kappa shape index (κ3) is 4.49. The molecule has 0 bridgehead atoms. The van der Waals surface area contributed by atoms with Gasteiger partial charge in [0.15, 0.2) is 0 Å². The van der Waals surface area contributed by atoms with E-state index in [1.807, 2.05) is 20.8 Å². The van der Waals surface area contributed by atoms with Crippen molar-refractivity contribution in [3.05, 3.63) is 0 Å². The van der Waals surface area contributed by atoms with Crippen LogP contribution >= 0.6 is 0 Å². The minimum atomic E-state index is -0.221. The Hall–Kier alpha value is -1.10. The zero-order valence-electron chi connectivity index (χ0n) is 12.2.